The van der Waals surface area contributed by atoms with Crippen molar-refractivity contribution in [3.63, 3.8) is 0 Å². The highest BCUT2D eigenvalue weighted by Gasteiger charge is 2.18. The number of nitrogens with one attached hydrogen (secondary N) is 2. The Kier molecular flexibility index (Phi) is 3.69. The summed E-state index contributed by atoms with van der Waals surface area (Å²) in [4.78, 5) is 16.0. The highest BCUT2D eigenvalue weighted by atomic mass is 16.1. The lowest BCUT2D eigenvalue weighted by Gasteiger charge is -2.14. The van der Waals surface area contributed by atoms with Crippen molar-refractivity contribution in [1.82, 2.24) is 4.98 Å². The molecule has 1 aliphatic heterocycles. The van der Waals surface area contributed by atoms with E-state index >= 15 is 0 Å². The van der Waals surface area contributed by atoms with Gasteiger partial charge in [0.15, 0.2) is 0 Å². The van der Waals surface area contributed by atoms with Crippen LogP contribution in [0.2, 0.25) is 0 Å². The normalized spacial score (nSPS) is 17.8. The van der Waals surface area contributed by atoms with Gasteiger partial charge in [-0.15, -0.1) is 0 Å². The van der Waals surface area contributed by atoms with E-state index in [-0.39, 0.29) is 11.9 Å². The molecule has 1 amide bonds. The Morgan fingerprint density at radius 2 is 2.10 bits per heavy atom. The number of para-hydroxylation sites is 1. The number of carbonyl (C=O) groups is 1. The van der Waals surface area contributed by atoms with Crippen molar-refractivity contribution >= 4 is 29.4 Å². The molecule has 3 rings (SSSR count). The van der Waals surface area contributed by atoms with E-state index in [2.05, 4.69) is 15.6 Å². The zero-order chi connectivity index (χ0) is 14.7. The van der Waals surface area contributed by atoms with Crippen LogP contribution in [-0.2, 0) is 4.79 Å². The van der Waals surface area contributed by atoms with Gasteiger partial charge < -0.3 is 10.6 Å². The Labute approximate surface area is 123 Å². The van der Waals surface area contributed by atoms with Crippen LogP contribution in [0, 0.1) is 0 Å². The van der Waals surface area contributed by atoms with E-state index in [1.54, 1.807) is 6.20 Å². The number of benzene rings is 1. The Morgan fingerprint density at radius 1 is 1.19 bits per heavy atom. The summed E-state index contributed by atoms with van der Waals surface area (Å²) in [6, 6.07) is 11.8. The van der Waals surface area contributed by atoms with E-state index in [0.717, 1.165) is 22.6 Å². The fraction of sp³-hybridized carbons (Fsp3) is 0.176. The van der Waals surface area contributed by atoms with Crippen LogP contribution >= 0.6 is 0 Å². The van der Waals surface area contributed by atoms with Gasteiger partial charge in [-0.2, -0.15) is 0 Å². The summed E-state index contributed by atoms with van der Waals surface area (Å²) in [5.41, 5.74) is 3.73. The molecule has 1 aromatic carbocycles. The van der Waals surface area contributed by atoms with Gasteiger partial charge in [-0.3, -0.25) is 9.78 Å². The maximum Gasteiger partial charge on any atom is 0.226 e. The molecule has 2 heterocycles. The molecule has 4 nitrogen and oxygen atoms in total. The SMILES string of the molecule is C[C@@H]1CC(=O)Nc2cccc(/C=C/c3ccccn3)c2N1. The average Bonchev–Trinajstić information content (AvgIpc) is 2.63. The molecule has 0 unspecified atom stereocenters. The highest BCUT2D eigenvalue weighted by Crippen LogP contribution is 2.31. The minimum atomic E-state index is 0.0413. The molecule has 106 valence electrons. The van der Waals surface area contributed by atoms with Crippen molar-refractivity contribution in [2.45, 2.75) is 19.4 Å². The van der Waals surface area contributed by atoms with Crippen LogP contribution in [0.1, 0.15) is 24.6 Å². The lowest BCUT2D eigenvalue weighted by atomic mass is 10.1. The van der Waals surface area contributed by atoms with E-state index in [1.165, 1.54) is 0 Å². The van der Waals surface area contributed by atoms with Crippen LogP contribution < -0.4 is 10.6 Å². The summed E-state index contributed by atoms with van der Waals surface area (Å²) >= 11 is 0. The Bertz CT molecular complexity index is 680. The summed E-state index contributed by atoms with van der Waals surface area (Å²) in [5, 5.41) is 6.34. The summed E-state index contributed by atoms with van der Waals surface area (Å²) in [6.07, 6.45) is 6.22. The lowest BCUT2D eigenvalue weighted by molar-refractivity contribution is -0.116. The van der Waals surface area contributed by atoms with Gasteiger partial charge in [0.1, 0.15) is 0 Å². The summed E-state index contributed by atoms with van der Waals surface area (Å²) in [6.45, 7) is 2.01. The molecular formula is C17H17N3O. The summed E-state index contributed by atoms with van der Waals surface area (Å²) in [5.74, 6) is 0.0413. The zero-order valence-electron chi connectivity index (χ0n) is 11.8. The van der Waals surface area contributed by atoms with Crippen molar-refractivity contribution in [2.75, 3.05) is 10.6 Å². The third-order valence-corrected chi connectivity index (χ3v) is 3.37. The molecule has 2 N–H and O–H groups in total. The zero-order valence-corrected chi connectivity index (χ0v) is 11.8. The maximum atomic E-state index is 11.8. The van der Waals surface area contributed by atoms with Crippen molar-refractivity contribution in [1.29, 1.82) is 0 Å². The first-order valence-corrected chi connectivity index (χ1v) is 7.01. The molecule has 0 bridgehead atoms. The topological polar surface area (TPSA) is 54.0 Å². The van der Waals surface area contributed by atoms with Crippen LogP contribution in [0.3, 0.4) is 0 Å². The summed E-state index contributed by atoms with van der Waals surface area (Å²) < 4.78 is 0. The summed E-state index contributed by atoms with van der Waals surface area (Å²) in [7, 11) is 0. The number of rotatable bonds is 2. The number of pyridine rings is 1. The molecule has 0 aliphatic carbocycles. The van der Waals surface area contributed by atoms with Gasteiger partial charge >= 0.3 is 0 Å². The minimum Gasteiger partial charge on any atom is -0.380 e. The van der Waals surface area contributed by atoms with E-state index in [1.807, 2.05) is 55.5 Å². The number of anilines is 2. The molecule has 21 heavy (non-hydrogen) atoms. The highest BCUT2D eigenvalue weighted by molar-refractivity contribution is 5.98. The van der Waals surface area contributed by atoms with Gasteiger partial charge in [0.25, 0.3) is 0 Å². The molecule has 4 heteroatoms. The van der Waals surface area contributed by atoms with Crippen molar-refractivity contribution in [2.24, 2.45) is 0 Å². The lowest BCUT2D eigenvalue weighted by Crippen LogP contribution is -2.19. The Morgan fingerprint density at radius 3 is 2.90 bits per heavy atom. The monoisotopic (exact) mass is 279 g/mol. The second kappa shape index (κ2) is 5.79. The predicted octanol–water partition coefficient (Wildman–Crippen LogP) is 3.39. The number of hydrogen-bond acceptors (Lipinski definition) is 3. The quantitative estimate of drug-likeness (QED) is 0.886. The van der Waals surface area contributed by atoms with Gasteiger partial charge in [-0.05, 0) is 36.8 Å². The van der Waals surface area contributed by atoms with Crippen molar-refractivity contribution in [3.8, 4) is 0 Å². The number of fused-ring (bicyclic) bond motifs is 1. The second-order valence-corrected chi connectivity index (χ2v) is 5.16. The van der Waals surface area contributed by atoms with Crippen LogP contribution in [0.5, 0.6) is 0 Å². The maximum absolute atomic E-state index is 11.8. The first-order valence-electron chi connectivity index (χ1n) is 7.01. The fourth-order valence-corrected chi connectivity index (χ4v) is 2.40. The predicted molar refractivity (Wildman–Crippen MR) is 85.9 cm³/mol. The van der Waals surface area contributed by atoms with Crippen LogP contribution in [0.15, 0.2) is 42.6 Å². The van der Waals surface area contributed by atoms with E-state index < -0.39 is 0 Å². The second-order valence-electron chi connectivity index (χ2n) is 5.16. The number of hydrogen-bond donors (Lipinski definition) is 2. The third-order valence-electron chi connectivity index (χ3n) is 3.37. The Balaban J connectivity index is 1.95. The van der Waals surface area contributed by atoms with Gasteiger partial charge in [0.2, 0.25) is 5.91 Å². The smallest absolute Gasteiger partial charge is 0.226 e. The molecule has 0 saturated carbocycles. The molecule has 0 radical (unpaired) electrons. The van der Waals surface area contributed by atoms with Gasteiger partial charge in [-0.25, -0.2) is 0 Å². The van der Waals surface area contributed by atoms with Crippen LogP contribution in [0.4, 0.5) is 11.4 Å². The van der Waals surface area contributed by atoms with E-state index in [4.69, 9.17) is 0 Å². The average molecular weight is 279 g/mol. The molecule has 0 fully saturated rings. The molecule has 1 aliphatic rings. The first-order chi connectivity index (χ1) is 10.2. The van der Waals surface area contributed by atoms with E-state index in [9.17, 15) is 4.79 Å². The fourth-order valence-electron chi connectivity index (χ4n) is 2.40. The molecule has 1 aromatic heterocycles. The molecule has 2 aromatic rings. The number of nitrogens with zero attached hydrogens (tertiary/aromatic N) is 1. The minimum absolute atomic E-state index is 0.0413. The van der Waals surface area contributed by atoms with Crippen LogP contribution in [0.25, 0.3) is 12.2 Å². The van der Waals surface area contributed by atoms with Crippen LogP contribution in [-0.4, -0.2) is 16.9 Å². The molecule has 0 spiro atoms. The van der Waals surface area contributed by atoms with Crippen molar-refractivity contribution < 1.29 is 4.79 Å². The number of carbonyl (C=O) groups excluding carboxylic acids is 1. The number of aromatic nitrogens is 1. The molecule has 0 saturated heterocycles. The van der Waals surface area contributed by atoms with Gasteiger partial charge in [0, 0.05) is 18.7 Å². The van der Waals surface area contributed by atoms with Gasteiger partial charge in [-0.1, -0.05) is 24.3 Å². The number of amides is 1. The standard InChI is InChI=1S/C17H17N3O/c1-12-11-16(21)20-15-7-4-5-13(17(15)19-12)8-9-14-6-2-3-10-18-14/h2-10,12,19H,11H2,1H3,(H,20,21)/b9-8+/t12-/m1/s1. The van der Waals surface area contributed by atoms with E-state index in [0.29, 0.717) is 6.42 Å². The third kappa shape index (κ3) is 3.11. The molecular weight excluding hydrogens is 262 g/mol. The largest absolute Gasteiger partial charge is 0.380 e. The first kappa shape index (κ1) is 13.4. The van der Waals surface area contributed by atoms with Gasteiger partial charge in [0.05, 0.1) is 17.1 Å². The van der Waals surface area contributed by atoms with Crippen molar-refractivity contribution in [3.05, 3.63) is 53.9 Å². The Hall–Kier alpha value is -2.62. The molecule has 1 atom stereocenters.